The van der Waals surface area contributed by atoms with Crippen molar-refractivity contribution in [3.8, 4) is 11.3 Å². The lowest BCUT2D eigenvalue weighted by Crippen LogP contribution is -2.35. The van der Waals surface area contributed by atoms with Crippen LogP contribution in [0.2, 0.25) is 0 Å². The molecule has 0 saturated carbocycles. The third-order valence-corrected chi connectivity index (χ3v) is 6.22. The van der Waals surface area contributed by atoms with Gasteiger partial charge in [0.05, 0.1) is 0 Å². The van der Waals surface area contributed by atoms with Crippen molar-refractivity contribution in [2.75, 3.05) is 18.0 Å². The molecule has 5 nitrogen and oxygen atoms in total. The molecule has 1 aromatic carbocycles. The molecule has 1 saturated heterocycles. The first kappa shape index (κ1) is 20.2. The number of rotatable bonds is 5. The Hall–Kier alpha value is -3.73. The first-order valence-electron chi connectivity index (χ1n) is 11.1. The van der Waals surface area contributed by atoms with Gasteiger partial charge >= 0.3 is 0 Å². The largest absolute Gasteiger partial charge is 0.361 e. The number of carbonyl (C=O) groups is 1. The first-order valence-corrected chi connectivity index (χ1v) is 11.1. The Kier molecular flexibility index (Phi) is 5.55. The zero-order valence-corrected chi connectivity index (χ0v) is 18.2. The molecule has 1 unspecified atom stereocenters. The zero-order valence-electron chi connectivity index (χ0n) is 18.2. The number of hydrogen-bond acceptors (Lipinski definition) is 4. The number of hydrogen-bond donors (Lipinski definition) is 1. The number of piperidine rings is 1. The van der Waals surface area contributed by atoms with Gasteiger partial charge in [-0.15, -0.1) is 0 Å². The summed E-state index contributed by atoms with van der Waals surface area (Å²) in [5, 5.41) is 0. The second-order valence-electron chi connectivity index (χ2n) is 8.35. The summed E-state index contributed by atoms with van der Waals surface area (Å²) in [4.78, 5) is 28.1. The molecule has 1 fully saturated rings. The molecular formula is C27H30N4O. The third-order valence-electron chi connectivity index (χ3n) is 6.22. The number of pyridine rings is 2. The van der Waals surface area contributed by atoms with Gasteiger partial charge in [-0.05, 0) is 55.7 Å². The van der Waals surface area contributed by atoms with Gasteiger partial charge in [0.15, 0.2) is 0 Å². The Morgan fingerprint density at radius 2 is 1.97 bits per heavy atom. The number of nitrogens with zero attached hydrogens (tertiary/aromatic N) is 3. The fraction of sp³-hybridized carbons (Fsp3) is 0.222. The van der Waals surface area contributed by atoms with E-state index in [1.165, 1.54) is 12.0 Å². The highest BCUT2D eigenvalue weighted by Gasteiger charge is 2.23. The van der Waals surface area contributed by atoms with Gasteiger partial charge < -0.3 is 9.88 Å². The summed E-state index contributed by atoms with van der Waals surface area (Å²) in [5.74, 6) is 1.25. The molecule has 0 spiro atoms. The fourth-order valence-corrected chi connectivity index (χ4v) is 4.47. The molecule has 5 rings (SSSR count). The van der Waals surface area contributed by atoms with Gasteiger partial charge in [0, 0.05) is 56.8 Å². The van der Waals surface area contributed by atoms with Crippen LogP contribution in [0.15, 0.2) is 79.1 Å². The Morgan fingerprint density at radius 3 is 2.78 bits per heavy atom. The first-order chi connectivity index (χ1) is 15.7. The van der Waals surface area contributed by atoms with Gasteiger partial charge in [-0.1, -0.05) is 36.4 Å². The second kappa shape index (κ2) is 8.79. The number of carbonyl (C=O) groups excluding carboxylic acids is 1. The van der Waals surface area contributed by atoms with E-state index in [0.717, 1.165) is 36.6 Å². The van der Waals surface area contributed by atoms with Gasteiger partial charge in [0.2, 0.25) is 5.78 Å². The number of anilines is 1. The highest BCUT2D eigenvalue weighted by Crippen LogP contribution is 2.29. The molecule has 1 N–H and O–H groups in total. The number of benzene rings is 1. The molecule has 0 radical (unpaired) electrons. The summed E-state index contributed by atoms with van der Waals surface area (Å²) in [5.41, 5.74) is 4.95. The monoisotopic (exact) mass is 426 g/mol. The van der Waals surface area contributed by atoms with Crippen molar-refractivity contribution in [3.05, 3.63) is 102 Å². The minimum Gasteiger partial charge on any atom is -0.361 e. The summed E-state index contributed by atoms with van der Waals surface area (Å²) in [6.45, 7) is 3.74. The Bertz CT molecular complexity index is 1230. The van der Waals surface area contributed by atoms with E-state index in [9.17, 15) is 4.79 Å². The summed E-state index contributed by atoms with van der Waals surface area (Å²) >= 11 is 0. The third kappa shape index (κ3) is 4.06. The van der Waals surface area contributed by atoms with Crippen LogP contribution < -0.4 is 4.90 Å². The van der Waals surface area contributed by atoms with Crippen LogP contribution in [-0.4, -0.2) is 33.8 Å². The summed E-state index contributed by atoms with van der Waals surface area (Å²) in [6, 6.07) is 22.2. The van der Waals surface area contributed by atoms with E-state index in [1.54, 1.807) is 12.3 Å². The lowest BCUT2D eigenvalue weighted by molar-refractivity contribution is 0.103. The van der Waals surface area contributed by atoms with Crippen LogP contribution in [0.3, 0.4) is 0 Å². The van der Waals surface area contributed by atoms with Crippen LogP contribution >= 0.6 is 0 Å². The number of ketones is 1. The van der Waals surface area contributed by atoms with Gasteiger partial charge in [-0.25, -0.2) is 4.98 Å². The maximum absolute atomic E-state index is 13.4. The summed E-state index contributed by atoms with van der Waals surface area (Å²) in [7, 11) is 0. The molecule has 3 aromatic heterocycles. The molecule has 0 aliphatic carbocycles. The predicted octanol–water partition coefficient (Wildman–Crippen LogP) is 5.89. The normalized spacial score (nSPS) is 16.2. The smallest absolute Gasteiger partial charge is 0.213 e. The van der Waals surface area contributed by atoms with Crippen molar-refractivity contribution in [2.45, 2.75) is 25.7 Å². The van der Waals surface area contributed by atoms with E-state index in [-0.39, 0.29) is 8.64 Å². The number of H-pyrrole nitrogens is 1. The fourth-order valence-electron chi connectivity index (χ4n) is 4.47. The predicted molar refractivity (Wildman–Crippen MR) is 131 cm³/mol. The lowest BCUT2D eigenvalue weighted by atomic mass is 9.90. The number of aromatic amines is 1. The summed E-state index contributed by atoms with van der Waals surface area (Å²) < 4.78 is 0. The molecule has 1 aliphatic rings. The van der Waals surface area contributed by atoms with Gasteiger partial charge in [-0.3, -0.25) is 9.78 Å². The topological polar surface area (TPSA) is 61.9 Å². The molecular weight excluding hydrogens is 396 g/mol. The highest BCUT2D eigenvalue weighted by molar-refractivity contribution is 6.09. The van der Waals surface area contributed by atoms with E-state index in [1.807, 2.05) is 43.5 Å². The summed E-state index contributed by atoms with van der Waals surface area (Å²) in [6.07, 6.45) is 5.94. The molecule has 4 aromatic rings. The quantitative estimate of drug-likeness (QED) is 0.404. The maximum atomic E-state index is 13.4. The molecule has 0 amide bonds. The van der Waals surface area contributed by atoms with Crippen molar-refractivity contribution in [1.29, 1.82) is 0 Å². The second-order valence-corrected chi connectivity index (χ2v) is 8.35. The van der Waals surface area contributed by atoms with E-state index >= 15 is 0 Å². The zero-order chi connectivity index (χ0) is 21.9. The average Bonchev–Trinajstić information content (AvgIpc) is 3.40. The van der Waals surface area contributed by atoms with E-state index < -0.39 is 0 Å². The average molecular weight is 427 g/mol. The van der Waals surface area contributed by atoms with Crippen molar-refractivity contribution in [3.63, 3.8) is 0 Å². The van der Waals surface area contributed by atoms with Crippen LogP contribution in [0.1, 0.15) is 48.9 Å². The van der Waals surface area contributed by atoms with Crippen LogP contribution in [-0.2, 0) is 0 Å². The lowest BCUT2D eigenvalue weighted by Gasteiger charge is -2.34. The molecule has 164 valence electrons. The minimum absolute atomic E-state index is 0. The highest BCUT2D eigenvalue weighted by atomic mass is 16.1. The van der Waals surface area contributed by atoms with Crippen molar-refractivity contribution < 1.29 is 7.65 Å². The van der Waals surface area contributed by atoms with Gasteiger partial charge in [0.1, 0.15) is 11.5 Å². The van der Waals surface area contributed by atoms with E-state index in [4.69, 9.17) is 4.98 Å². The van der Waals surface area contributed by atoms with Crippen LogP contribution in [0, 0.1) is 6.92 Å². The van der Waals surface area contributed by atoms with E-state index in [2.05, 4.69) is 45.2 Å². The number of aryl methyl sites for hydroxylation is 1. The maximum Gasteiger partial charge on any atom is 0.213 e. The molecule has 4 heterocycles. The van der Waals surface area contributed by atoms with Crippen LogP contribution in [0.25, 0.3) is 11.3 Å². The standard InChI is InChI=1S/C27H26N4O.2H2/c1-19-23(16-22(17-29-19)24-12-6-14-28-24)27(32)25-11-5-13-26(30-25)31-15-7-10-21(18-31)20-8-3-2-4-9-20;;/h2-6,8-9,11-14,16-17,21,28H,7,10,15,18H2,1H3;2*1H. The van der Waals surface area contributed by atoms with Gasteiger partial charge in [-0.2, -0.15) is 0 Å². The van der Waals surface area contributed by atoms with Gasteiger partial charge in [0.25, 0.3) is 0 Å². The van der Waals surface area contributed by atoms with Crippen molar-refractivity contribution >= 4 is 11.6 Å². The molecule has 1 aliphatic heterocycles. The minimum atomic E-state index is -0.0955. The molecule has 5 heteroatoms. The Morgan fingerprint density at radius 1 is 1.09 bits per heavy atom. The number of nitrogens with one attached hydrogen (secondary N) is 1. The number of aromatic nitrogens is 3. The molecule has 1 atom stereocenters. The van der Waals surface area contributed by atoms with Crippen molar-refractivity contribution in [1.82, 2.24) is 15.0 Å². The molecule has 0 bridgehead atoms. The van der Waals surface area contributed by atoms with Crippen LogP contribution in [0.4, 0.5) is 5.82 Å². The molecule has 32 heavy (non-hydrogen) atoms. The Labute approximate surface area is 191 Å². The van der Waals surface area contributed by atoms with Crippen molar-refractivity contribution in [2.24, 2.45) is 0 Å². The Balaban J connectivity index is 0.00000162. The van der Waals surface area contributed by atoms with Crippen LogP contribution in [0.5, 0.6) is 0 Å². The SMILES string of the molecule is Cc1ncc(-c2ccc[nH]2)cc1C(=O)c1cccc(N2CCCC(c3ccccc3)C2)n1.[HH].[HH]. The van der Waals surface area contributed by atoms with E-state index in [0.29, 0.717) is 22.9 Å².